The minimum Gasteiger partial charge on any atom is -0.459 e. The first-order valence-electron chi connectivity index (χ1n) is 9.24. The van der Waals surface area contributed by atoms with Crippen LogP contribution in [-0.4, -0.2) is 40.6 Å². The van der Waals surface area contributed by atoms with Crippen molar-refractivity contribution < 1.29 is 19.4 Å². The fourth-order valence-corrected chi connectivity index (χ4v) is 5.99. The summed E-state index contributed by atoms with van der Waals surface area (Å²) in [6, 6.07) is 3.85. The van der Waals surface area contributed by atoms with Crippen LogP contribution in [0.25, 0.3) is 0 Å². The number of nitrogens with zero attached hydrogens (tertiary/aromatic N) is 3. The Morgan fingerprint density at radius 2 is 2.19 bits per heavy atom. The van der Waals surface area contributed by atoms with E-state index in [9.17, 15) is 14.7 Å². The van der Waals surface area contributed by atoms with Crippen LogP contribution in [0.3, 0.4) is 0 Å². The molecule has 0 radical (unpaired) electrons. The number of hydrogen-bond acceptors (Lipinski definition) is 8. The van der Waals surface area contributed by atoms with E-state index in [1.807, 2.05) is 24.4 Å². The summed E-state index contributed by atoms with van der Waals surface area (Å²) >= 11 is 1.53. The van der Waals surface area contributed by atoms with Gasteiger partial charge in [-0.05, 0) is 55.3 Å². The van der Waals surface area contributed by atoms with Gasteiger partial charge in [-0.25, -0.2) is 9.80 Å². The Bertz CT molecular complexity index is 884. The molecule has 0 amide bonds. The van der Waals surface area contributed by atoms with Crippen molar-refractivity contribution in [3.8, 4) is 0 Å². The van der Waals surface area contributed by atoms with Crippen molar-refractivity contribution in [1.82, 2.24) is 0 Å². The Labute approximate surface area is 160 Å². The predicted molar refractivity (Wildman–Crippen MR) is 98.2 cm³/mol. The first-order chi connectivity index (χ1) is 12.8. The van der Waals surface area contributed by atoms with E-state index >= 15 is 0 Å². The van der Waals surface area contributed by atoms with Crippen LogP contribution in [0.1, 0.15) is 26.7 Å². The highest BCUT2D eigenvalue weighted by Gasteiger charge is 2.72. The number of carbonyl (C=O) groups excluding carboxylic acids is 2. The third-order valence-electron chi connectivity index (χ3n) is 7.11. The van der Waals surface area contributed by atoms with Crippen LogP contribution in [0, 0.1) is 17.3 Å². The zero-order chi connectivity index (χ0) is 19.0. The molecule has 4 aliphatic rings. The summed E-state index contributed by atoms with van der Waals surface area (Å²) < 4.78 is 5.81. The minimum absolute atomic E-state index is 0.127. The SMILES string of the molecule is C[C@H]1CCC2C(OC(=O)C23CN(c2cccs2)N=N3)[C@]2(C)C(=O)C=C[C@@]12O. The largest absolute Gasteiger partial charge is 0.459 e. The second-order valence-electron chi connectivity index (χ2n) is 8.26. The van der Waals surface area contributed by atoms with Crippen molar-refractivity contribution in [3.05, 3.63) is 29.7 Å². The zero-order valence-electron chi connectivity index (χ0n) is 15.2. The van der Waals surface area contributed by atoms with Crippen molar-refractivity contribution in [1.29, 1.82) is 0 Å². The van der Waals surface area contributed by atoms with Gasteiger partial charge in [0.15, 0.2) is 5.78 Å². The third-order valence-corrected chi connectivity index (χ3v) is 7.99. The van der Waals surface area contributed by atoms with Gasteiger partial charge in [0.05, 0.1) is 12.0 Å². The fraction of sp³-hybridized carbons (Fsp3) is 0.579. The smallest absolute Gasteiger partial charge is 0.338 e. The normalized spacial score (nSPS) is 45.3. The molecule has 6 atom stereocenters. The number of aliphatic hydroxyl groups is 1. The van der Waals surface area contributed by atoms with E-state index in [-0.39, 0.29) is 17.6 Å². The van der Waals surface area contributed by atoms with Crippen LogP contribution < -0.4 is 5.01 Å². The van der Waals surface area contributed by atoms with Crippen LogP contribution in [-0.2, 0) is 14.3 Å². The van der Waals surface area contributed by atoms with Gasteiger partial charge < -0.3 is 9.84 Å². The Hall–Kier alpha value is -2.06. The Kier molecular flexibility index (Phi) is 3.32. The molecule has 1 saturated carbocycles. The number of anilines is 1. The van der Waals surface area contributed by atoms with Crippen LogP contribution in [0.5, 0.6) is 0 Å². The van der Waals surface area contributed by atoms with Gasteiger partial charge in [0, 0.05) is 5.92 Å². The van der Waals surface area contributed by atoms with Crippen molar-refractivity contribution >= 4 is 28.1 Å². The van der Waals surface area contributed by atoms with E-state index in [2.05, 4.69) is 10.3 Å². The van der Waals surface area contributed by atoms with Gasteiger partial charge in [0.2, 0.25) is 5.54 Å². The first kappa shape index (κ1) is 17.1. The molecule has 1 spiro atoms. The molecule has 5 rings (SSSR count). The molecule has 8 heteroatoms. The van der Waals surface area contributed by atoms with E-state index in [0.717, 1.165) is 5.00 Å². The first-order valence-corrected chi connectivity index (χ1v) is 10.1. The standard InChI is InChI=1S/C19H21N3O4S/c1-11-5-6-12-15(17(2)13(23)7-8-19(11,17)25)26-16(24)18(12)10-22(21-20-18)14-4-3-9-27-14/h3-4,7-9,11-12,15,25H,5-6,10H2,1-2H3/t11-,12?,15?,17-,18?,19+/m0/s1. The third kappa shape index (κ3) is 1.90. The summed E-state index contributed by atoms with van der Waals surface area (Å²) in [5, 5.41) is 24.6. The number of esters is 1. The lowest BCUT2D eigenvalue weighted by Gasteiger charge is -2.43. The highest BCUT2D eigenvalue weighted by molar-refractivity contribution is 7.14. The highest BCUT2D eigenvalue weighted by atomic mass is 32.1. The highest BCUT2D eigenvalue weighted by Crippen LogP contribution is 2.59. The lowest BCUT2D eigenvalue weighted by Crippen LogP contribution is -2.57. The molecule has 3 unspecified atom stereocenters. The van der Waals surface area contributed by atoms with E-state index in [0.29, 0.717) is 19.4 Å². The van der Waals surface area contributed by atoms with Crippen LogP contribution in [0.4, 0.5) is 5.00 Å². The number of fused-ring (bicyclic) bond motifs is 4. The maximum absolute atomic E-state index is 13.0. The molecule has 0 aromatic carbocycles. The molecule has 142 valence electrons. The number of ether oxygens (including phenoxy) is 1. The summed E-state index contributed by atoms with van der Waals surface area (Å²) in [6.07, 6.45) is 3.64. The van der Waals surface area contributed by atoms with Crippen molar-refractivity contribution in [2.24, 2.45) is 27.6 Å². The van der Waals surface area contributed by atoms with Gasteiger partial charge in [-0.3, -0.25) is 4.79 Å². The molecule has 2 aliphatic heterocycles. The van der Waals surface area contributed by atoms with E-state index in [1.54, 1.807) is 18.0 Å². The number of allylic oxidation sites excluding steroid dienone is 1. The quantitative estimate of drug-likeness (QED) is 0.748. The van der Waals surface area contributed by atoms with Gasteiger partial charge >= 0.3 is 5.97 Å². The summed E-state index contributed by atoms with van der Waals surface area (Å²) in [5.41, 5.74) is -3.64. The van der Waals surface area contributed by atoms with Crippen molar-refractivity contribution in [2.45, 2.75) is 43.9 Å². The number of hydrogen-bond donors (Lipinski definition) is 1. The maximum Gasteiger partial charge on any atom is 0.338 e. The molecule has 1 N–H and O–H groups in total. The van der Waals surface area contributed by atoms with Crippen LogP contribution in [0.2, 0.25) is 0 Å². The van der Waals surface area contributed by atoms with Crippen molar-refractivity contribution in [2.75, 3.05) is 11.6 Å². The second-order valence-corrected chi connectivity index (χ2v) is 9.18. The van der Waals surface area contributed by atoms with Crippen molar-refractivity contribution in [3.63, 3.8) is 0 Å². The van der Waals surface area contributed by atoms with E-state index < -0.39 is 28.6 Å². The summed E-state index contributed by atoms with van der Waals surface area (Å²) in [4.78, 5) is 25.8. The van der Waals surface area contributed by atoms with Gasteiger partial charge in [-0.2, -0.15) is 0 Å². The van der Waals surface area contributed by atoms with E-state index in [1.165, 1.54) is 17.4 Å². The van der Waals surface area contributed by atoms with Gasteiger partial charge in [0.1, 0.15) is 16.7 Å². The predicted octanol–water partition coefficient (Wildman–Crippen LogP) is 2.52. The lowest BCUT2D eigenvalue weighted by molar-refractivity contribution is -0.166. The van der Waals surface area contributed by atoms with Crippen LogP contribution in [0.15, 0.2) is 40.0 Å². The number of carbonyl (C=O) groups is 2. The number of ketones is 1. The number of rotatable bonds is 1. The summed E-state index contributed by atoms with van der Waals surface area (Å²) in [7, 11) is 0. The fourth-order valence-electron chi connectivity index (χ4n) is 5.31. The number of thiophene rings is 1. The molecular weight excluding hydrogens is 366 g/mol. The minimum atomic E-state index is -1.32. The van der Waals surface area contributed by atoms with Gasteiger partial charge in [0.25, 0.3) is 0 Å². The molecule has 0 bridgehead atoms. The zero-order valence-corrected chi connectivity index (χ0v) is 16.0. The Balaban J connectivity index is 1.57. The van der Waals surface area contributed by atoms with Gasteiger partial charge in [-0.1, -0.05) is 12.1 Å². The molecule has 3 heterocycles. The van der Waals surface area contributed by atoms with Gasteiger partial charge in [-0.15, -0.1) is 16.5 Å². The monoisotopic (exact) mass is 387 g/mol. The molecule has 1 aromatic rings. The molecule has 27 heavy (non-hydrogen) atoms. The Morgan fingerprint density at radius 1 is 1.37 bits per heavy atom. The molecule has 2 aliphatic carbocycles. The molecule has 2 fully saturated rings. The summed E-state index contributed by atoms with van der Waals surface area (Å²) in [5.74, 6) is -1.07. The second kappa shape index (κ2) is 5.26. The summed E-state index contributed by atoms with van der Waals surface area (Å²) in [6.45, 7) is 3.98. The molecular formula is C19H21N3O4S. The lowest BCUT2D eigenvalue weighted by atomic mass is 9.63. The average Bonchev–Trinajstić information content (AvgIpc) is 3.39. The topological polar surface area (TPSA) is 91.6 Å². The molecule has 1 saturated heterocycles. The average molecular weight is 387 g/mol. The van der Waals surface area contributed by atoms with Crippen LogP contribution >= 0.6 is 11.3 Å². The Morgan fingerprint density at radius 3 is 2.93 bits per heavy atom. The molecule has 1 aromatic heterocycles. The van der Waals surface area contributed by atoms with E-state index in [4.69, 9.17) is 4.74 Å². The maximum atomic E-state index is 13.0. The molecule has 7 nitrogen and oxygen atoms in total.